The van der Waals surface area contributed by atoms with E-state index in [0.717, 1.165) is 43.5 Å². The van der Waals surface area contributed by atoms with E-state index in [-0.39, 0.29) is 19.1 Å². The zero-order valence-electron chi connectivity index (χ0n) is 23.2. The summed E-state index contributed by atoms with van der Waals surface area (Å²) in [7, 11) is 2.76. The molecule has 10 nitrogen and oxygen atoms in total. The second-order valence-corrected chi connectivity index (χ2v) is 11.7. The molecule has 0 saturated carbocycles. The Morgan fingerprint density at radius 3 is 2.56 bits per heavy atom. The highest BCUT2D eigenvalue weighted by Crippen LogP contribution is 2.55. The van der Waals surface area contributed by atoms with Crippen LogP contribution in [0.1, 0.15) is 69.4 Å². The molecule has 4 aliphatic rings. The molecule has 0 aromatic heterocycles. The minimum Gasteiger partial charge on any atom is -0.497 e. The molecule has 3 aliphatic heterocycles. The number of fused-ring (bicyclic) bond motifs is 3. The van der Waals surface area contributed by atoms with Crippen molar-refractivity contribution in [3.05, 3.63) is 35.1 Å². The minimum atomic E-state index is -2.12. The number of ether oxygens (including phenoxy) is 5. The maximum atomic E-state index is 13.8. The molecule has 1 spiro atoms. The molecule has 4 atom stereocenters. The first-order valence-electron chi connectivity index (χ1n) is 13.7. The van der Waals surface area contributed by atoms with Gasteiger partial charge in [0.2, 0.25) is 6.79 Å². The Kier molecular flexibility index (Phi) is 7.32. The summed E-state index contributed by atoms with van der Waals surface area (Å²) in [6.45, 7) is 5.21. The third kappa shape index (κ3) is 5.10. The van der Waals surface area contributed by atoms with Gasteiger partial charge in [-0.15, -0.1) is 0 Å². The molecule has 2 unspecified atom stereocenters. The summed E-state index contributed by atoms with van der Waals surface area (Å²) in [6, 6.07) is 4.00. The maximum absolute atomic E-state index is 13.8. The zero-order valence-corrected chi connectivity index (χ0v) is 23.2. The second-order valence-electron chi connectivity index (χ2n) is 11.7. The molecule has 214 valence electrons. The molecule has 1 aliphatic carbocycles. The molecule has 5 rings (SSSR count). The maximum Gasteiger partial charge on any atom is 0.339 e. The van der Waals surface area contributed by atoms with Gasteiger partial charge in [-0.1, -0.05) is 0 Å². The number of carbonyl (C=O) groups is 2. The van der Waals surface area contributed by atoms with E-state index in [1.54, 1.807) is 21.0 Å². The summed E-state index contributed by atoms with van der Waals surface area (Å²) in [5, 5.41) is 21.6. The molecule has 1 aromatic rings. The van der Waals surface area contributed by atoms with Crippen molar-refractivity contribution in [1.82, 2.24) is 4.90 Å². The minimum absolute atomic E-state index is 0.0686. The summed E-state index contributed by atoms with van der Waals surface area (Å²) in [5.74, 6) is -0.0645. The quantitative estimate of drug-likeness (QED) is 0.448. The van der Waals surface area contributed by atoms with E-state index in [9.17, 15) is 19.8 Å². The topological polar surface area (TPSA) is 124 Å². The molecule has 1 saturated heterocycles. The molecule has 10 heteroatoms. The summed E-state index contributed by atoms with van der Waals surface area (Å²) in [4.78, 5) is 28.4. The van der Waals surface area contributed by atoms with Gasteiger partial charge < -0.3 is 33.9 Å². The lowest BCUT2D eigenvalue weighted by molar-refractivity contribution is -0.178. The van der Waals surface area contributed by atoms with Crippen LogP contribution in [-0.4, -0.2) is 84.0 Å². The number of carbonyl (C=O) groups excluding carboxylic acids is 2. The van der Waals surface area contributed by atoms with E-state index in [4.69, 9.17) is 23.7 Å². The van der Waals surface area contributed by atoms with Crippen LogP contribution < -0.4 is 9.47 Å². The number of methoxy groups -OCH3 is 2. The molecule has 39 heavy (non-hydrogen) atoms. The molecule has 1 aromatic carbocycles. The van der Waals surface area contributed by atoms with Gasteiger partial charge in [-0.05, 0) is 88.3 Å². The van der Waals surface area contributed by atoms with Gasteiger partial charge in [-0.2, -0.15) is 0 Å². The van der Waals surface area contributed by atoms with Crippen LogP contribution in [0, 0.1) is 0 Å². The largest absolute Gasteiger partial charge is 0.497 e. The Balaban J connectivity index is 1.50. The van der Waals surface area contributed by atoms with Crippen LogP contribution in [0.25, 0.3) is 0 Å². The predicted molar refractivity (Wildman–Crippen MR) is 139 cm³/mol. The lowest BCUT2D eigenvalue weighted by Crippen LogP contribution is -2.49. The molecule has 2 N–H and O–H groups in total. The van der Waals surface area contributed by atoms with Gasteiger partial charge in [-0.25, -0.2) is 4.79 Å². The third-order valence-corrected chi connectivity index (χ3v) is 8.62. The number of rotatable bonds is 9. The van der Waals surface area contributed by atoms with Crippen LogP contribution in [-0.2, 0) is 30.2 Å². The average molecular weight is 546 g/mol. The van der Waals surface area contributed by atoms with E-state index >= 15 is 0 Å². The molecular formula is C29H39NO9. The molecular weight excluding hydrogens is 506 g/mol. The van der Waals surface area contributed by atoms with Crippen molar-refractivity contribution in [3.63, 3.8) is 0 Å². The summed E-state index contributed by atoms with van der Waals surface area (Å²) >= 11 is 0. The number of hydrogen-bond acceptors (Lipinski definition) is 10. The van der Waals surface area contributed by atoms with Crippen LogP contribution in [0.15, 0.2) is 24.0 Å². The molecule has 0 amide bonds. The Bertz CT molecular complexity index is 1160. The molecule has 1 fully saturated rings. The lowest BCUT2D eigenvalue weighted by atomic mass is 9.77. The van der Waals surface area contributed by atoms with E-state index in [1.165, 1.54) is 7.11 Å². The van der Waals surface area contributed by atoms with Gasteiger partial charge in [0.25, 0.3) is 0 Å². The molecule has 0 radical (unpaired) electrons. The van der Waals surface area contributed by atoms with Crippen LogP contribution in [0.4, 0.5) is 0 Å². The van der Waals surface area contributed by atoms with Crippen LogP contribution in [0.3, 0.4) is 0 Å². The van der Waals surface area contributed by atoms with Crippen molar-refractivity contribution in [2.24, 2.45) is 0 Å². The highest BCUT2D eigenvalue weighted by atomic mass is 16.7. The van der Waals surface area contributed by atoms with Crippen molar-refractivity contribution in [1.29, 1.82) is 0 Å². The van der Waals surface area contributed by atoms with Gasteiger partial charge in [0.15, 0.2) is 23.2 Å². The highest BCUT2D eigenvalue weighted by Gasteiger charge is 2.59. The Hall–Kier alpha value is -2.82. The second kappa shape index (κ2) is 10.3. The van der Waals surface area contributed by atoms with Crippen LogP contribution in [0.5, 0.6) is 11.5 Å². The number of aliphatic hydroxyl groups is 2. The van der Waals surface area contributed by atoms with E-state index in [0.29, 0.717) is 30.1 Å². The van der Waals surface area contributed by atoms with Crippen molar-refractivity contribution >= 4 is 11.9 Å². The number of benzene rings is 1. The average Bonchev–Trinajstić information content (AvgIpc) is 3.56. The fraction of sp³-hybridized carbons (Fsp3) is 0.655. The fourth-order valence-corrected chi connectivity index (χ4v) is 6.71. The monoisotopic (exact) mass is 545 g/mol. The summed E-state index contributed by atoms with van der Waals surface area (Å²) in [6.07, 6.45) is 3.94. The van der Waals surface area contributed by atoms with Crippen LogP contribution >= 0.6 is 0 Å². The van der Waals surface area contributed by atoms with Gasteiger partial charge >= 0.3 is 11.9 Å². The molecule has 3 heterocycles. The summed E-state index contributed by atoms with van der Waals surface area (Å²) < 4.78 is 28.1. The first kappa shape index (κ1) is 27.7. The Labute approximate surface area is 228 Å². The van der Waals surface area contributed by atoms with Gasteiger partial charge in [0.1, 0.15) is 5.76 Å². The Morgan fingerprint density at radius 2 is 1.87 bits per heavy atom. The third-order valence-electron chi connectivity index (χ3n) is 8.62. The smallest absolute Gasteiger partial charge is 0.339 e. The standard InChI is InChI=1S/C29H39NO9/c1-27(2,33)8-5-10-29(34,16-23(31)36-4)26(32)39-25-22(35-3)15-28-9-6-11-30(28)12-7-18-13-20-21(38-17-37-20)14-19(18)24(25)28/h13-15,24-25,33-34H,5-12,16-17H2,1-4H3/t24?,25-,28+,29?/m1/s1. The lowest BCUT2D eigenvalue weighted by Gasteiger charge is -2.39. The zero-order chi connectivity index (χ0) is 28.0. The van der Waals surface area contributed by atoms with E-state index < -0.39 is 41.2 Å². The summed E-state index contributed by atoms with van der Waals surface area (Å²) in [5.41, 5.74) is -1.42. The van der Waals surface area contributed by atoms with Crippen molar-refractivity contribution < 1.29 is 43.5 Å². The van der Waals surface area contributed by atoms with Crippen LogP contribution in [0.2, 0.25) is 0 Å². The number of esters is 2. The SMILES string of the molecule is COC(=O)CC(O)(CCCC(C)(C)O)C(=O)O[C@@H]1C(OC)=C[C@]23CCCN2CCc2cc4c(cc2C13)OCO4. The van der Waals surface area contributed by atoms with E-state index in [2.05, 4.69) is 11.0 Å². The first-order chi connectivity index (χ1) is 18.5. The normalized spacial score (nSPS) is 27.0. The predicted octanol–water partition coefficient (Wildman–Crippen LogP) is 2.58. The van der Waals surface area contributed by atoms with E-state index in [1.807, 2.05) is 12.1 Å². The van der Waals surface area contributed by atoms with Crippen molar-refractivity contribution in [3.8, 4) is 11.5 Å². The van der Waals surface area contributed by atoms with Gasteiger partial charge in [0.05, 0.1) is 37.7 Å². The number of nitrogens with zero attached hydrogens (tertiary/aromatic N) is 1. The molecule has 0 bridgehead atoms. The Morgan fingerprint density at radius 1 is 1.13 bits per heavy atom. The van der Waals surface area contributed by atoms with Crippen molar-refractivity contribution in [2.75, 3.05) is 34.1 Å². The fourth-order valence-electron chi connectivity index (χ4n) is 6.71. The van der Waals surface area contributed by atoms with Crippen molar-refractivity contribution in [2.45, 2.75) is 87.6 Å². The number of hydrogen-bond donors (Lipinski definition) is 2. The van der Waals surface area contributed by atoms with Gasteiger partial charge in [0, 0.05) is 6.54 Å². The highest BCUT2D eigenvalue weighted by molar-refractivity contribution is 5.86. The first-order valence-corrected chi connectivity index (χ1v) is 13.7. The van der Waals surface area contributed by atoms with Gasteiger partial charge in [-0.3, -0.25) is 9.69 Å².